The van der Waals surface area contributed by atoms with Gasteiger partial charge < -0.3 is 9.64 Å². The summed E-state index contributed by atoms with van der Waals surface area (Å²) in [5.74, 6) is 0.322. The van der Waals surface area contributed by atoms with E-state index in [-0.39, 0.29) is 28.9 Å². The summed E-state index contributed by atoms with van der Waals surface area (Å²) in [6.45, 7) is 12.0. The highest BCUT2D eigenvalue weighted by Crippen LogP contribution is 2.37. The Balaban J connectivity index is 2.08. The van der Waals surface area contributed by atoms with Gasteiger partial charge in [-0.3, -0.25) is 23.9 Å². The van der Waals surface area contributed by atoms with Crippen molar-refractivity contribution in [1.82, 2.24) is 9.47 Å². The number of hydrogen-bond acceptors (Lipinski definition) is 8. The zero-order valence-corrected chi connectivity index (χ0v) is 25.4. The molecular weight excluding hydrogens is 532 g/mol. The first-order chi connectivity index (χ1) is 18.7. The number of thioether (sulfide) groups is 1. The number of hydrogen-bond donors (Lipinski definition) is 0. The lowest BCUT2D eigenvalue weighted by molar-refractivity contribution is -0.148. The van der Waals surface area contributed by atoms with Crippen LogP contribution in [0.2, 0.25) is 0 Å². The summed E-state index contributed by atoms with van der Waals surface area (Å²) in [4.78, 5) is 43.7. The molecular formula is C29H40N4O4S2. The van der Waals surface area contributed by atoms with E-state index in [4.69, 9.17) is 17.0 Å². The molecule has 0 saturated carbocycles. The van der Waals surface area contributed by atoms with Crippen LogP contribution in [-0.4, -0.2) is 51.9 Å². The smallest absolute Gasteiger partial charge is 0.310 e. The number of pyridine rings is 1. The number of nitrogens with zero attached hydrogens (tertiary/aromatic N) is 4. The van der Waals surface area contributed by atoms with Crippen molar-refractivity contribution >= 4 is 52.1 Å². The summed E-state index contributed by atoms with van der Waals surface area (Å²) in [5, 5.41) is 9.85. The Morgan fingerprint density at radius 1 is 1.28 bits per heavy atom. The zero-order chi connectivity index (χ0) is 28.7. The molecule has 2 saturated heterocycles. The minimum absolute atomic E-state index is 0.0619. The SMILES string of the molecule is CCCCC(CC)CN1C(=O)/C(=C\c2c(C)c(C#N)c(=O)n(CC)c2N2CCCC(C(=O)OCC)C2)SC1=S. The average molecular weight is 573 g/mol. The van der Waals surface area contributed by atoms with Gasteiger partial charge in [0.1, 0.15) is 21.8 Å². The summed E-state index contributed by atoms with van der Waals surface area (Å²) in [6.07, 6.45) is 7.52. The predicted octanol–water partition coefficient (Wildman–Crippen LogP) is 5.25. The van der Waals surface area contributed by atoms with Gasteiger partial charge in [-0.25, -0.2) is 0 Å². The molecule has 0 spiro atoms. The van der Waals surface area contributed by atoms with Crippen molar-refractivity contribution < 1.29 is 14.3 Å². The topological polar surface area (TPSA) is 95.6 Å². The van der Waals surface area contributed by atoms with Gasteiger partial charge in [-0.2, -0.15) is 5.26 Å². The van der Waals surface area contributed by atoms with Crippen molar-refractivity contribution in [2.75, 3.05) is 31.1 Å². The first kappa shape index (κ1) is 30.9. The van der Waals surface area contributed by atoms with E-state index < -0.39 is 0 Å². The average Bonchev–Trinajstić information content (AvgIpc) is 3.19. The van der Waals surface area contributed by atoms with Gasteiger partial charge in [0.05, 0.1) is 17.4 Å². The second-order valence-corrected chi connectivity index (χ2v) is 11.8. The molecule has 2 aliphatic rings. The van der Waals surface area contributed by atoms with Crippen molar-refractivity contribution in [2.24, 2.45) is 11.8 Å². The molecule has 1 amide bonds. The Hall–Kier alpha value is -2.64. The van der Waals surface area contributed by atoms with Crippen LogP contribution in [0.15, 0.2) is 9.70 Å². The van der Waals surface area contributed by atoms with Crippen LogP contribution in [0.3, 0.4) is 0 Å². The van der Waals surface area contributed by atoms with Crippen LogP contribution in [0, 0.1) is 30.1 Å². The molecule has 2 aliphatic heterocycles. The molecule has 1 aromatic rings. The second kappa shape index (κ2) is 14.1. The third kappa shape index (κ3) is 6.75. The van der Waals surface area contributed by atoms with E-state index in [9.17, 15) is 19.6 Å². The lowest BCUT2D eigenvalue weighted by Crippen LogP contribution is -2.43. The quantitative estimate of drug-likeness (QED) is 0.202. The van der Waals surface area contributed by atoms with Gasteiger partial charge in [0.2, 0.25) is 0 Å². The molecule has 2 atom stereocenters. The fourth-order valence-corrected chi connectivity index (χ4v) is 6.62. The van der Waals surface area contributed by atoms with Gasteiger partial charge >= 0.3 is 5.97 Å². The molecule has 2 fully saturated rings. The predicted molar refractivity (Wildman–Crippen MR) is 161 cm³/mol. The van der Waals surface area contributed by atoms with E-state index in [2.05, 4.69) is 19.9 Å². The Bertz CT molecular complexity index is 1230. The Morgan fingerprint density at radius 2 is 2.03 bits per heavy atom. The number of nitriles is 1. The van der Waals surface area contributed by atoms with Crippen molar-refractivity contribution in [3.8, 4) is 6.07 Å². The summed E-state index contributed by atoms with van der Waals surface area (Å²) >= 11 is 6.89. The van der Waals surface area contributed by atoms with Gasteiger partial charge in [-0.05, 0) is 57.6 Å². The fourth-order valence-electron chi connectivity index (χ4n) is 5.36. The van der Waals surface area contributed by atoms with Crippen LogP contribution in [-0.2, 0) is 20.9 Å². The molecule has 212 valence electrons. The molecule has 0 aromatic carbocycles. The number of rotatable bonds is 11. The normalized spacial score (nSPS) is 19.5. The van der Waals surface area contributed by atoms with Crippen LogP contribution >= 0.6 is 24.0 Å². The summed E-state index contributed by atoms with van der Waals surface area (Å²) in [7, 11) is 0. The first-order valence-electron chi connectivity index (χ1n) is 14.1. The zero-order valence-electron chi connectivity index (χ0n) is 23.7. The number of ether oxygens (including phenoxy) is 1. The van der Waals surface area contributed by atoms with E-state index in [1.165, 1.54) is 11.8 Å². The largest absolute Gasteiger partial charge is 0.466 e. The highest BCUT2D eigenvalue weighted by molar-refractivity contribution is 8.26. The summed E-state index contributed by atoms with van der Waals surface area (Å²) < 4.78 is 7.41. The highest BCUT2D eigenvalue weighted by atomic mass is 32.2. The van der Waals surface area contributed by atoms with Crippen LogP contribution < -0.4 is 10.5 Å². The van der Waals surface area contributed by atoms with E-state index in [0.717, 1.165) is 32.1 Å². The van der Waals surface area contributed by atoms with Crippen molar-refractivity contribution in [2.45, 2.75) is 79.7 Å². The highest BCUT2D eigenvalue weighted by Gasteiger charge is 2.35. The molecule has 0 radical (unpaired) electrons. The Labute approximate surface area is 241 Å². The lowest BCUT2D eigenvalue weighted by Gasteiger charge is -2.36. The number of piperidine rings is 1. The van der Waals surface area contributed by atoms with Crippen LogP contribution in [0.1, 0.15) is 82.9 Å². The molecule has 10 heteroatoms. The number of amides is 1. The monoisotopic (exact) mass is 572 g/mol. The van der Waals surface area contributed by atoms with Crippen LogP contribution in [0.4, 0.5) is 5.82 Å². The number of aromatic nitrogens is 1. The van der Waals surface area contributed by atoms with Crippen LogP contribution in [0.5, 0.6) is 0 Å². The number of esters is 1. The van der Waals surface area contributed by atoms with Gasteiger partial charge in [0, 0.05) is 31.7 Å². The molecule has 0 N–H and O–H groups in total. The summed E-state index contributed by atoms with van der Waals surface area (Å²) in [5.41, 5.74) is 0.875. The molecule has 3 rings (SSSR count). The number of unbranched alkanes of at least 4 members (excludes halogenated alkanes) is 1. The molecule has 0 aliphatic carbocycles. The van der Waals surface area contributed by atoms with Crippen molar-refractivity contribution in [1.29, 1.82) is 5.26 Å². The van der Waals surface area contributed by atoms with Gasteiger partial charge in [-0.15, -0.1) is 0 Å². The first-order valence-corrected chi connectivity index (χ1v) is 15.3. The summed E-state index contributed by atoms with van der Waals surface area (Å²) in [6, 6.07) is 2.08. The van der Waals surface area contributed by atoms with E-state index in [0.29, 0.717) is 71.3 Å². The minimum Gasteiger partial charge on any atom is -0.466 e. The maximum Gasteiger partial charge on any atom is 0.310 e. The van der Waals surface area contributed by atoms with Gasteiger partial charge in [-0.1, -0.05) is 57.1 Å². The Kier molecular flexibility index (Phi) is 11.2. The minimum atomic E-state index is -0.364. The third-order valence-electron chi connectivity index (χ3n) is 7.64. The molecule has 0 bridgehead atoms. The fraction of sp³-hybridized carbons (Fsp3) is 0.621. The van der Waals surface area contributed by atoms with E-state index in [1.54, 1.807) is 29.4 Å². The van der Waals surface area contributed by atoms with Gasteiger partial charge in [0.25, 0.3) is 11.5 Å². The number of thiocarbonyl (C=S) groups is 1. The van der Waals surface area contributed by atoms with Crippen molar-refractivity contribution in [3.63, 3.8) is 0 Å². The molecule has 39 heavy (non-hydrogen) atoms. The molecule has 3 heterocycles. The standard InChI is InChI=1S/C29H40N4O4S2/c1-6-10-12-20(7-2)17-33-27(35)24(39-29(33)38)15-22-19(5)23(16-30)26(34)32(8-3)25(22)31-14-11-13-21(18-31)28(36)37-9-4/h15,20-21H,6-14,17-18H2,1-5H3/b24-15+. The lowest BCUT2D eigenvalue weighted by atomic mass is 9.96. The van der Waals surface area contributed by atoms with Gasteiger partial charge in [0.15, 0.2) is 0 Å². The third-order valence-corrected chi connectivity index (χ3v) is 9.01. The van der Waals surface area contributed by atoms with E-state index in [1.807, 2.05) is 11.8 Å². The number of carbonyl (C=O) groups excluding carboxylic acids is 2. The number of anilines is 1. The Morgan fingerprint density at radius 3 is 2.64 bits per heavy atom. The second-order valence-electron chi connectivity index (χ2n) is 10.1. The van der Waals surface area contributed by atoms with Crippen molar-refractivity contribution in [3.05, 3.63) is 31.9 Å². The number of carbonyl (C=O) groups is 2. The molecule has 1 aromatic heterocycles. The van der Waals surface area contributed by atoms with E-state index >= 15 is 0 Å². The van der Waals surface area contributed by atoms with Crippen LogP contribution in [0.25, 0.3) is 6.08 Å². The molecule has 2 unspecified atom stereocenters. The maximum atomic E-state index is 13.6. The maximum absolute atomic E-state index is 13.6. The molecule has 8 nitrogen and oxygen atoms in total.